The molecule has 0 amide bonds. The van der Waals surface area contributed by atoms with Gasteiger partial charge in [0.05, 0.1) is 9.47 Å². The number of hydrogen-bond donors (Lipinski definition) is 0. The van der Waals surface area contributed by atoms with Crippen LogP contribution in [-0.4, -0.2) is 0 Å². The minimum atomic E-state index is 0.866. The van der Waals surface area contributed by atoms with Crippen LogP contribution < -0.4 is 4.52 Å². The van der Waals surface area contributed by atoms with Crippen LogP contribution in [0.15, 0.2) is 78.9 Å². The zero-order valence-electron chi connectivity index (χ0n) is 11.0. The van der Waals surface area contributed by atoms with Gasteiger partial charge >= 0.3 is 0 Å². The number of benzene rings is 3. The van der Waals surface area contributed by atoms with E-state index in [0.717, 1.165) is 16.9 Å². The minimum absolute atomic E-state index is 0.866. The molecule has 0 saturated carbocycles. The first-order chi connectivity index (χ1) is 9.88. The lowest BCUT2D eigenvalue weighted by Crippen LogP contribution is -1.83. The molecule has 0 saturated heterocycles. The molecule has 0 aliphatic rings. The highest BCUT2D eigenvalue weighted by atomic mass is 31.0. The van der Waals surface area contributed by atoms with E-state index in [0.29, 0.717) is 0 Å². The molecule has 0 aliphatic heterocycles. The fourth-order valence-corrected chi connectivity index (χ4v) is 2.49. The van der Waals surface area contributed by atoms with Crippen LogP contribution in [0.4, 0.5) is 0 Å². The molecule has 1 nitrogen and oxygen atoms in total. The molecule has 20 heavy (non-hydrogen) atoms. The molecule has 98 valence electrons. The summed E-state index contributed by atoms with van der Waals surface area (Å²) in [5, 5.41) is 0. The highest BCUT2D eigenvalue weighted by molar-refractivity contribution is 7.10. The van der Waals surface area contributed by atoms with Gasteiger partial charge in [-0.05, 0) is 22.8 Å². The summed E-state index contributed by atoms with van der Waals surface area (Å²) in [4.78, 5) is 0. The molecular formula is C18H15OP. The van der Waals surface area contributed by atoms with E-state index >= 15 is 0 Å². The average molecular weight is 278 g/mol. The second kappa shape index (κ2) is 5.90. The Morgan fingerprint density at radius 3 is 1.80 bits per heavy atom. The molecule has 3 aromatic carbocycles. The zero-order valence-corrected chi connectivity index (χ0v) is 12.1. The van der Waals surface area contributed by atoms with Crippen molar-refractivity contribution in [1.29, 1.82) is 0 Å². The standard InChI is InChI=1S/C18H15OP/c20-19-18-9-5-4-8-17(18)16-12-10-15(11-13-16)14-6-2-1-3-7-14/h1-13H,20H2. The first-order valence-electron chi connectivity index (χ1n) is 6.50. The highest BCUT2D eigenvalue weighted by Crippen LogP contribution is 2.32. The SMILES string of the molecule is POc1ccccc1-c1ccc(-c2ccccc2)cc1. The van der Waals surface area contributed by atoms with Crippen molar-refractivity contribution in [2.24, 2.45) is 0 Å². The molecular weight excluding hydrogens is 263 g/mol. The van der Waals surface area contributed by atoms with Crippen molar-refractivity contribution >= 4 is 9.47 Å². The number of rotatable bonds is 3. The maximum atomic E-state index is 5.33. The second-order valence-corrected chi connectivity index (χ2v) is 4.79. The van der Waals surface area contributed by atoms with Crippen LogP contribution in [0.1, 0.15) is 0 Å². The highest BCUT2D eigenvalue weighted by Gasteiger charge is 2.05. The van der Waals surface area contributed by atoms with E-state index in [4.69, 9.17) is 4.52 Å². The average Bonchev–Trinajstić information content (AvgIpc) is 2.56. The largest absolute Gasteiger partial charge is 0.480 e. The minimum Gasteiger partial charge on any atom is -0.480 e. The molecule has 3 rings (SSSR count). The van der Waals surface area contributed by atoms with E-state index in [9.17, 15) is 0 Å². The predicted octanol–water partition coefficient (Wildman–Crippen LogP) is 5.19. The third-order valence-electron chi connectivity index (χ3n) is 3.32. The van der Waals surface area contributed by atoms with Crippen molar-refractivity contribution in [1.82, 2.24) is 0 Å². The Morgan fingerprint density at radius 1 is 0.550 bits per heavy atom. The second-order valence-electron chi connectivity index (χ2n) is 4.56. The van der Waals surface area contributed by atoms with Crippen molar-refractivity contribution in [3.63, 3.8) is 0 Å². The Labute approximate surface area is 121 Å². The Morgan fingerprint density at radius 2 is 1.10 bits per heavy atom. The zero-order chi connectivity index (χ0) is 13.8. The van der Waals surface area contributed by atoms with Crippen LogP contribution in [-0.2, 0) is 0 Å². The summed E-state index contributed by atoms with van der Waals surface area (Å²) in [6.45, 7) is 0. The summed E-state index contributed by atoms with van der Waals surface area (Å²) in [7, 11) is 2.31. The Bertz CT molecular complexity index is 690. The van der Waals surface area contributed by atoms with Gasteiger partial charge in [0.15, 0.2) is 0 Å². The van der Waals surface area contributed by atoms with Gasteiger partial charge in [0, 0.05) is 5.56 Å². The molecule has 0 aromatic heterocycles. The molecule has 0 radical (unpaired) electrons. The van der Waals surface area contributed by atoms with Crippen molar-refractivity contribution in [2.75, 3.05) is 0 Å². The van der Waals surface area contributed by atoms with Crippen LogP contribution in [0.3, 0.4) is 0 Å². The van der Waals surface area contributed by atoms with E-state index < -0.39 is 0 Å². The Hall–Kier alpha value is -2.11. The topological polar surface area (TPSA) is 9.23 Å². The molecule has 0 aliphatic carbocycles. The third-order valence-corrected chi connectivity index (χ3v) is 3.57. The van der Waals surface area contributed by atoms with Gasteiger partial charge in [-0.15, -0.1) is 0 Å². The summed E-state index contributed by atoms with van der Waals surface area (Å²) in [6, 6.07) is 27.0. The van der Waals surface area contributed by atoms with E-state index in [1.165, 1.54) is 11.1 Å². The maximum absolute atomic E-state index is 5.33. The number of hydrogen-bond acceptors (Lipinski definition) is 1. The van der Waals surface area contributed by atoms with Gasteiger partial charge in [-0.2, -0.15) is 0 Å². The molecule has 2 heteroatoms. The molecule has 0 N–H and O–H groups in total. The summed E-state index contributed by atoms with van der Waals surface area (Å²) < 4.78 is 5.33. The van der Waals surface area contributed by atoms with Gasteiger partial charge in [0.2, 0.25) is 0 Å². The van der Waals surface area contributed by atoms with Crippen molar-refractivity contribution < 1.29 is 4.52 Å². The smallest absolute Gasteiger partial charge is 0.130 e. The van der Waals surface area contributed by atoms with E-state index in [2.05, 4.69) is 64.1 Å². The van der Waals surface area contributed by atoms with Gasteiger partial charge in [-0.3, -0.25) is 0 Å². The third kappa shape index (κ3) is 2.59. The van der Waals surface area contributed by atoms with Gasteiger partial charge in [-0.25, -0.2) is 0 Å². The molecule has 3 aromatic rings. The lowest BCUT2D eigenvalue weighted by Gasteiger charge is -2.09. The van der Waals surface area contributed by atoms with Gasteiger partial charge < -0.3 is 4.52 Å². The van der Waals surface area contributed by atoms with Gasteiger partial charge in [-0.1, -0.05) is 72.8 Å². The van der Waals surface area contributed by atoms with Crippen molar-refractivity contribution in [3.8, 4) is 28.0 Å². The quantitative estimate of drug-likeness (QED) is 0.599. The number of para-hydroxylation sites is 1. The molecule has 1 unspecified atom stereocenters. The monoisotopic (exact) mass is 278 g/mol. The maximum Gasteiger partial charge on any atom is 0.130 e. The fourth-order valence-electron chi connectivity index (χ4n) is 2.28. The van der Waals surface area contributed by atoms with E-state index in [1.54, 1.807) is 0 Å². The summed E-state index contributed by atoms with van der Waals surface area (Å²) in [5.74, 6) is 0.866. The van der Waals surface area contributed by atoms with Crippen LogP contribution >= 0.6 is 9.47 Å². The van der Waals surface area contributed by atoms with Crippen LogP contribution in [0.5, 0.6) is 5.75 Å². The van der Waals surface area contributed by atoms with Crippen molar-refractivity contribution in [3.05, 3.63) is 78.9 Å². The summed E-state index contributed by atoms with van der Waals surface area (Å²) in [5.41, 5.74) is 4.71. The lowest BCUT2D eigenvalue weighted by molar-refractivity contribution is 0.648. The fraction of sp³-hybridized carbons (Fsp3) is 0. The first kappa shape index (κ1) is 12.9. The Kier molecular flexibility index (Phi) is 3.80. The summed E-state index contributed by atoms with van der Waals surface area (Å²) in [6.07, 6.45) is 0. The van der Waals surface area contributed by atoms with Crippen molar-refractivity contribution in [2.45, 2.75) is 0 Å². The molecule has 0 fully saturated rings. The van der Waals surface area contributed by atoms with Crippen LogP contribution in [0, 0.1) is 0 Å². The molecule has 1 atom stereocenters. The lowest BCUT2D eigenvalue weighted by atomic mass is 10.00. The van der Waals surface area contributed by atoms with Gasteiger partial charge in [0.25, 0.3) is 0 Å². The molecule has 0 bridgehead atoms. The normalized spacial score (nSPS) is 10.2. The van der Waals surface area contributed by atoms with E-state index in [-0.39, 0.29) is 0 Å². The predicted molar refractivity (Wildman–Crippen MR) is 87.7 cm³/mol. The summed E-state index contributed by atoms with van der Waals surface area (Å²) >= 11 is 0. The Balaban J connectivity index is 1.98. The van der Waals surface area contributed by atoms with Gasteiger partial charge in [0.1, 0.15) is 5.75 Å². The molecule has 0 spiro atoms. The molecule has 0 heterocycles. The van der Waals surface area contributed by atoms with Crippen LogP contribution in [0.2, 0.25) is 0 Å². The van der Waals surface area contributed by atoms with E-state index in [1.807, 2.05) is 24.3 Å². The van der Waals surface area contributed by atoms with Crippen LogP contribution in [0.25, 0.3) is 22.3 Å². The first-order valence-corrected chi connectivity index (χ1v) is 6.97.